The zero-order valence-corrected chi connectivity index (χ0v) is 15.6. The predicted molar refractivity (Wildman–Crippen MR) is 88.8 cm³/mol. The Morgan fingerprint density at radius 3 is 2.58 bits per heavy atom. The molecule has 9 heteroatoms. The van der Waals surface area contributed by atoms with Crippen LogP contribution in [0, 0.1) is 12.8 Å². The Labute approximate surface area is 145 Å². The molecule has 2 heterocycles. The van der Waals surface area contributed by atoms with Gasteiger partial charge in [-0.3, -0.25) is 0 Å². The van der Waals surface area contributed by atoms with Gasteiger partial charge in [-0.25, -0.2) is 14.6 Å². The van der Waals surface area contributed by atoms with Crippen molar-refractivity contribution in [3.63, 3.8) is 0 Å². The van der Waals surface area contributed by atoms with Gasteiger partial charge in [-0.05, 0) is 39.2 Å². The van der Waals surface area contributed by atoms with E-state index in [0.29, 0.717) is 30.5 Å². The van der Waals surface area contributed by atoms with Gasteiger partial charge in [0.15, 0.2) is 5.01 Å². The van der Waals surface area contributed by atoms with Crippen molar-refractivity contribution in [3.8, 4) is 0 Å². The van der Waals surface area contributed by atoms with Crippen LogP contribution in [0.4, 0.5) is 9.59 Å². The highest BCUT2D eigenvalue weighted by molar-refractivity contribution is 7.05. The highest BCUT2D eigenvalue weighted by atomic mass is 32.1. The number of amides is 2. The number of carbonyl (C=O) groups excluding carboxylic acids is 2. The maximum absolute atomic E-state index is 12.0. The van der Waals surface area contributed by atoms with Gasteiger partial charge in [-0.2, -0.15) is 4.37 Å². The van der Waals surface area contributed by atoms with E-state index in [4.69, 9.17) is 9.47 Å². The van der Waals surface area contributed by atoms with Gasteiger partial charge in [0.2, 0.25) is 0 Å². The molecule has 0 N–H and O–H groups in total. The Morgan fingerprint density at radius 1 is 1.38 bits per heavy atom. The molecule has 0 bridgehead atoms. The van der Waals surface area contributed by atoms with Crippen LogP contribution in [0.3, 0.4) is 0 Å². The third-order valence-electron chi connectivity index (χ3n) is 3.34. The van der Waals surface area contributed by atoms with Crippen LogP contribution in [0.15, 0.2) is 0 Å². The molecule has 24 heavy (non-hydrogen) atoms. The normalized spacial score (nSPS) is 15.0. The van der Waals surface area contributed by atoms with E-state index in [0.717, 1.165) is 0 Å². The van der Waals surface area contributed by atoms with Crippen molar-refractivity contribution in [1.82, 2.24) is 19.2 Å². The quantitative estimate of drug-likeness (QED) is 0.823. The standard InChI is InChI=1S/C15H24N4O4S/c1-10-16-12(24-17-10)9-22-13(20)18(5)6-11-7-19(8-11)14(21)23-15(2,3)4/h11H,6-9H2,1-5H3. The van der Waals surface area contributed by atoms with Crippen LogP contribution in [-0.4, -0.2) is 63.6 Å². The number of hydrogen-bond acceptors (Lipinski definition) is 7. The Kier molecular flexibility index (Phi) is 5.63. The van der Waals surface area contributed by atoms with Gasteiger partial charge in [-0.1, -0.05) is 0 Å². The second-order valence-electron chi connectivity index (χ2n) is 6.92. The zero-order valence-electron chi connectivity index (χ0n) is 14.7. The van der Waals surface area contributed by atoms with Crippen LogP contribution in [0.1, 0.15) is 31.6 Å². The molecule has 1 aliphatic rings. The summed E-state index contributed by atoms with van der Waals surface area (Å²) in [7, 11) is 1.68. The van der Waals surface area contributed by atoms with Crippen molar-refractivity contribution in [2.75, 3.05) is 26.7 Å². The number of aryl methyl sites for hydroxylation is 1. The first-order valence-electron chi connectivity index (χ1n) is 7.79. The lowest BCUT2D eigenvalue weighted by molar-refractivity contribution is -0.00529. The van der Waals surface area contributed by atoms with E-state index < -0.39 is 11.7 Å². The second-order valence-corrected chi connectivity index (χ2v) is 7.76. The lowest BCUT2D eigenvalue weighted by Gasteiger charge is -2.41. The van der Waals surface area contributed by atoms with E-state index >= 15 is 0 Å². The minimum Gasteiger partial charge on any atom is -0.444 e. The Hall–Kier alpha value is -1.90. The molecular formula is C15H24N4O4S. The summed E-state index contributed by atoms with van der Waals surface area (Å²) in [5.74, 6) is 0.912. The van der Waals surface area contributed by atoms with Crippen LogP contribution in [0.5, 0.6) is 0 Å². The van der Waals surface area contributed by atoms with Gasteiger partial charge >= 0.3 is 12.2 Å². The third-order valence-corrected chi connectivity index (χ3v) is 4.12. The molecule has 1 aromatic heterocycles. The molecule has 1 aromatic rings. The highest BCUT2D eigenvalue weighted by Gasteiger charge is 2.34. The minimum atomic E-state index is -0.494. The molecule has 134 valence electrons. The lowest BCUT2D eigenvalue weighted by Crippen LogP contribution is -2.55. The number of nitrogens with zero attached hydrogens (tertiary/aromatic N) is 4. The van der Waals surface area contributed by atoms with Gasteiger partial charge in [0.1, 0.15) is 18.0 Å². The molecule has 2 rings (SSSR count). The third kappa shape index (κ3) is 5.33. The minimum absolute atomic E-state index is 0.128. The summed E-state index contributed by atoms with van der Waals surface area (Å²) < 4.78 is 14.5. The van der Waals surface area contributed by atoms with E-state index in [2.05, 4.69) is 9.36 Å². The number of hydrogen-bond donors (Lipinski definition) is 0. The Bertz CT molecular complexity index is 593. The van der Waals surface area contributed by atoms with Crippen molar-refractivity contribution in [3.05, 3.63) is 10.8 Å². The SMILES string of the molecule is Cc1nsc(COC(=O)N(C)CC2CN(C(=O)OC(C)(C)C)C2)n1. The Balaban J connectivity index is 1.67. The van der Waals surface area contributed by atoms with Crippen molar-refractivity contribution in [2.24, 2.45) is 5.92 Å². The van der Waals surface area contributed by atoms with Crippen LogP contribution >= 0.6 is 11.5 Å². The van der Waals surface area contributed by atoms with Crippen molar-refractivity contribution >= 4 is 23.7 Å². The van der Waals surface area contributed by atoms with Crippen LogP contribution in [0.25, 0.3) is 0 Å². The summed E-state index contributed by atoms with van der Waals surface area (Å²) in [5.41, 5.74) is -0.494. The van der Waals surface area contributed by atoms with Crippen LogP contribution < -0.4 is 0 Å². The zero-order chi connectivity index (χ0) is 17.9. The first kappa shape index (κ1) is 18.4. The molecule has 0 unspecified atom stereocenters. The Morgan fingerprint density at radius 2 is 2.04 bits per heavy atom. The predicted octanol–water partition coefficient (Wildman–Crippen LogP) is 2.28. The summed E-state index contributed by atoms with van der Waals surface area (Å²) in [6, 6.07) is 0. The van der Waals surface area contributed by atoms with Gasteiger partial charge in [0, 0.05) is 32.6 Å². The van der Waals surface area contributed by atoms with E-state index in [9.17, 15) is 9.59 Å². The number of aromatic nitrogens is 2. The molecule has 1 saturated heterocycles. The molecule has 1 aliphatic heterocycles. The lowest BCUT2D eigenvalue weighted by atomic mass is 10.0. The van der Waals surface area contributed by atoms with Gasteiger partial charge in [0.25, 0.3) is 0 Å². The number of carbonyl (C=O) groups is 2. The van der Waals surface area contributed by atoms with Crippen molar-refractivity contribution in [1.29, 1.82) is 0 Å². The molecule has 1 fully saturated rings. The average molecular weight is 356 g/mol. The van der Waals surface area contributed by atoms with Gasteiger partial charge in [-0.15, -0.1) is 0 Å². The summed E-state index contributed by atoms with van der Waals surface area (Å²) in [6.45, 7) is 9.14. The fraction of sp³-hybridized carbons (Fsp3) is 0.733. The number of ether oxygens (including phenoxy) is 2. The monoisotopic (exact) mass is 356 g/mol. The summed E-state index contributed by atoms with van der Waals surface area (Å²) >= 11 is 1.23. The van der Waals surface area contributed by atoms with Crippen LogP contribution in [0.2, 0.25) is 0 Å². The van der Waals surface area contributed by atoms with Gasteiger partial charge < -0.3 is 19.3 Å². The largest absolute Gasteiger partial charge is 0.444 e. The number of rotatable bonds is 4. The molecule has 2 amide bonds. The smallest absolute Gasteiger partial charge is 0.410 e. The first-order valence-corrected chi connectivity index (χ1v) is 8.56. The molecule has 0 atom stereocenters. The fourth-order valence-corrected chi connectivity index (χ4v) is 2.82. The van der Waals surface area contributed by atoms with E-state index in [1.807, 2.05) is 20.8 Å². The topological polar surface area (TPSA) is 84.9 Å². The first-order chi connectivity index (χ1) is 11.1. The summed E-state index contributed by atoms with van der Waals surface area (Å²) in [4.78, 5) is 31.1. The van der Waals surface area contributed by atoms with E-state index in [1.165, 1.54) is 16.4 Å². The molecule has 0 spiro atoms. The summed E-state index contributed by atoms with van der Waals surface area (Å²) in [6.07, 6.45) is -0.714. The molecule has 0 aliphatic carbocycles. The summed E-state index contributed by atoms with van der Waals surface area (Å²) in [5, 5.41) is 0.675. The van der Waals surface area contributed by atoms with Crippen molar-refractivity contribution < 1.29 is 19.1 Å². The molecule has 0 aromatic carbocycles. The maximum atomic E-state index is 12.0. The molecule has 8 nitrogen and oxygen atoms in total. The number of likely N-dealkylation sites (tertiary alicyclic amines) is 1. The molecule has 0 radical (unpaired) electrons. The van der Waals surface area contributed by atoms with E-state index in [-0.39, 0.29) is 18.6 Å². The van der Waals surface area contributed by atoms with Crippen molar-refractivity contribution in [2.45, 2.75) is 39.9 Å². The van der Waals surface area contributed by atoms with Crippen LogP contribution in [-0.2, 0) is 16.1 Å². The molecule has 0 saturated carbocycles. The van der Waals surface area contributed by atoms with Gasteiger partial charge in [0.05, 0.1) is 0 Å². The van der Waals surface area contributed by atoms with E-state index in [1.54, 1.807) is 18.9 Å². The fourth-order valence-electron chi connectivity index (χ4n) is 2.26. The maximum Gasteiger partial charge on any atom is 0.410 e. The molecular weight excluding hydrogens is 332 g/mol. The second kappa shape index (κ2) is 7.33. The average Bonchev–Trinajstić information content (AvgIpc) is 2.82. The highest BCUT2D eigenvalue weighted by Crippen LogP contribution is 2.20.